The van der Waals surface area contributed by atoms with Crippen molar-refractivity contribution < 1.29 is 4.79 Å². The molecule has 4 nitrogen and oxygen atoms in total. The summed E-state index contributed by atoms with van der Waals surface area (Å²) in [5.41, 5.74) is 9.18. The zero-order chi connectivity index (χ0) is 13.9. The summed E-state index contributed by atoms with van der Waals surface area (Å²) in [5.74, 6) is 0.0568. The van der Waals surface area contributed by atoms with Gasteiger partial charge in [0.2, 0.25) is 0 Å². The summed E-state index contributed by atoms with van der Waals surface area (Å²) < 4.78 is 0. The molecule has 0 aromatic carbocycles. The summed E-state index contributed by atoms with van der Waals surface area (Å²) in [7, 11) is 0. The lowest BCUT2D eigenvalue weighted by Crippen LogP contribution is -2.26. The van der Waals surface area contributed by atoms with Crippen molar-refractivity contribution in [2.45, 2.75) is 32.1 Å². The number of rotatable bonds is 4. The summed E-state index contributed by atoms with van der Waals surface area (Å²) in [6, 6.07) is 0. The number of amides is 1. The monoisotopic (exact) mass is 307 g/mol. The number of aromatic nitrogens is 1. The molecule has 0 unspecified atom stereocenters. The first-order valence-electron chi connectivity index (χ1n) is 6.81. The van der Waals surface area contributed by atoms with Crippen LogP contribution in [0.2, 0.25) is 0 Å². The number of fused-ring (bicyclic) bond motifs is 1. The summed E-state index contributed by atoms with van der Waals surface area (Å²) in [6.07, 6.45) is 5.34. The van der Waals surface area contributed by atoms with E-state index in [2.05, 4.69) is 15.7 Å². The first-order chi connectivity index (χ1) is 9.74. The van der Waals surface area contributed by atoms with Crippen LogP contribution in [-0.2, 0) is 19.3 Å². The van der Waals surface area contributed by atoms with Crippen molar-refractivity contribution in [2.75, 3.05) is 12.3 Å². The number of nitrogens with zero attached hydrogens (tertiary/aromatic N) is 1. The molecule has 1 amide bonds. The first-order valence-corrected chi connectivity index (χ1v) is 8.57. The molecule has 0 saturated heterocycles. The standard InChI is InChI=1S/C14H17N3OS2/c15-14-17-10(8-20-14)5-6-16-13(18)12-11-4-2-1-3-9(11)7-19-12/h7-8H,1-6H2,(H2,15,17)(H,16,18). The second kappa shape index (κ2) is 5.93. The quantitative estimate of drug-likeness (QED) is 0.912. The minimum absolute atomic E-state index is 0.0568. The van der Waals surface area contributed by atoms with E-state index < -0.39 is 0 Å². The number of thiophene rings is 1. The zero-order valence-corrected chi connectivity index (χ0v) is 12.8. The van der Waals surface area contributed by atoms with E-state index in [1.54, 1.807) is 11.3 Å². The van der Waals surface area contributed by atoms with Crippen LogP contribution < -0.4 is 11.1 Å². The van der Waals surface area contributed by atoms with Crippen molar-refractivity contribution in [3.8, 4) is 0 Å². The molecular formula is C14H17N3OS2. The van der Waals surface area contributed by atoms with E-state index in [-0.39, 0.29) is 5.91 Å². The summed E-state index contributed by atoms with van der Waals surface area (Å²) >= 11 is 3.01. The van der Waals surface area contributed by atoms with Gasteiger partial charge in [-0.05, 0) is 42.2 Å². The maximum atomic E-state index is 12.2. The largest absolute Gasteiger partial charge is 0.375 e. The van der Waals surface area contributed by atoms with Gasteiger partial charge in [0.05, 0.1) is 10.6 Å². The fraction of sp³-hybridized carbons (Fsp3) is 0.429. The third-order valence-corrected chi connectivity index (χ3v) is 5.34. The van der Waals surface area contributed by atoms with Crippen LogP contribution in [0.3, 0.4) is 0 Å². The van der Waals surface area contributed by atoms with Crippen molar-refractivity contribution in [2.24, 2.45) is 0 Å². The highest BCUT2D eigenvalue weighted by Crippen LogP contribution is 2.29. The third kappa shape index (κ3) is 2.86. The molecule has 0 radical (unpaired) electrons. The lowest BCUT2D eigenvalue weighted by Gasteiger charge is -2.12. The average Bonchev–Trinajstić information content (AvgIpc) is 3.05. The Morgan fingerprint density at radius 1 is 1.30 bits per heavy atom. The molecule has 0 saturated carbocycles. The molecule has 0 atom stereocenters. The predicted octanol–water partition coefficient (Wildman–Crippen LogP) is 2.64. The van der Waals surface area contributed by atoms with Crippen molar-refractivity contribution in [1.29, 1.82) is 0 Å². The zero-order valence-electron chi connectivity index (χ0n) is 11.1. The highest BCUT2D eigenvalue weighted by molar-refractivity contribution is 7.13. The number of nitrogens with two attached hydrogens (primary N) is 1. The van der Waals surface area contributed by atoms with E-state index >= 15 is 0 Å². The van der Waals surface area contributed by atoms with Gasteiger partial charge in [-0.2, -0.15) is 0 Å². The first kappa shape index (κ1) is 13.6. The lowest BCUT2D eigenvalue weighted by molar-refractivity contribution is 0.0957. The number of anilines is 1. The second-order valence-electron chi connectivity index (χ2n) is 4.96. The SMILES string of the molecule is Nc1nc(CCNC(=O)c2scc3c2CCCC3)cs1. The fourth-order valence-corrected chi connectivity index (χ4v) is 4.20. The second-order valence-corrected chi connectivity index (χ2v) is 6.73. The number of thiazole rings is 1. The Bertz CT molecular complexity index is 618. The summed E-state index contributed by atoms with van der Waals surface area (Å²) in [6.45, 7) is 0.606. The number of nitrogens with one attached hydrogen (secondary N) is 1. The van der Waals surface area contributed by atoms with Gasteiger partial charge < -0.3 is 11.1 Å². The summed E-state index contributed by atoms with van der Waals surface area (Å²) in [4.78, 5) is 17.3. The van der Waals surface area contributed by atoms with Crippen LogP contribution in [-0.4, -0.2) is 17.4 Å². The number of aryl methyl sites for hydroxylation is 1. The molecule has 2 aromatic rings. The molecule has 20 heavy (non-hydrogen) atoms. The van der Waals surface area contributed by atoms with Crippen LogP contribution in [0, 0.1) is 0 Å². The van der Waals surface area contributed by atoms with Gasteiger partial charge >= 0.3 is 0 Å². The minimum atomic E-state index is 0.0568. The van der Waals surface area contributed by atoms with Gasteiger partial charge in [0, 0.05) is 18.3 Å². The number of carbonyl (C=O) groups excluding carboxylic acids is 1. The van der Waals surface area contributed by atoms with Gasteiger partial charge in [-0.1, -0.05) is 0 Å². The van der Waals surface area contributed by atoms with E-state index in [0.29, 0.717) is 11.7 Å². The van der Waals surface area contributed by atoms with E-state index in [0.717, 1.165) is 29.8 Å². The number of hydrogen-bond donors (Lipinski definition) is 2. The molecule has 0 bridgehead atoms. The van der Waals surface area contributed by atoms with Crippen molar-refractivity contribution in [3.63, 3.8) is 0 Å². The molecule has 3 rings (SSSR count). The van der Waals surface area contributed by atoms with Gasteiger partial charge in [-0.3, -0.25) is 4.79 Å². The number of hydrogen-bond acceptors (Lipinski definition) is 5. The van der Waals surface area contributed by atoms with Crippen molar-refractivity contribution in [3.05, 3.63) is 32.5 Å². The molecule has 1 aliphatic rings. The van der Waals surface area contributed by atoms with Crippen LogP contribution in [0.1, 0.15) is 39.3 Å². The smallest absolute Gasteiger partial charge is 0.261 e. The van der Waals surface area contributed by atoms with Gasteiger partial charge in [0.1, 0.15) is 0 Å². The fourth-order valence-electron chi connectivity index (χ4n) is 2.53. The Kier molecular flexibility index (Phi) is 4.03. The van der Waals surface area contributed by atoms with Crippen LogP contribution in [0.25, 0.3) is 0 Å². The summed E-state index contributed by atoms with van der Waals surface area (Å²) in [5, 5.41) is 7.65. The van der Waals surface area contributed by atoms with Gasteiger partial charge in [0.15, 0.2) is 5.13 Å². The van der Waals surface area contributed by atoms with E-state index in [1.807, 2.05) is 5.38 Å². The number of nitrogen functional groups attached to an aromatic ring is 1. The predicted molar refractivity (Wildman–Crippen MR) is 83.5 cm³/mol. The molecular weight excluding hydrogens is 290 g/mol. The molecule has 0 fully saturated rings. The Labute approximate surface area is 126 Å². The highest BCUT2D eigenvalue weighted by atomic mass is 32.1. The minimum Gasteiger partial charge on any atom is -0.375 e. The van der Waals surface area contributed by atoms with E-state index in [1.165, 1.54) is 35.3 Å². The average molecular weight is 307 g/mol. The normalized spacial score (nSPS) is 14.0. The Hall–Kier alpha value is -1.40. The molecule has 2 heterocycles. The van der Waals surface area contributed by atoms with Gasteiger partial charge in [-0.15, -0.1) is 22.7 Å². The maximum absolute atomic E-state index is 12.2. The van der Waals surface area contributed by atoms with Crippen LogP contribution in [0.4, 0.5) is 5.13 Å². The topological polar surface area (TPSA) is 68.0 Å². The molecule has 106 valence electrons. The van der Waals surface area contributed by atoms with Crippen molar-refractivity contribution >= 4 is 33.7 Å². The highest BCUT2D eigenvalue weighted by Gasteiger charge is 2.19. The maximum Gasteiger partial charge on any atom is 0.261 e. The van der Waals surface area contributed by atoms with Crippen LogP contribution in [0.5, 0.6) is 0 Å². The van der Waals surface area contributed by atoms with E-state index in [9.17, 15) is 4.79 Å². The Balaban J connectivity index is 1.58. The molecule has 0 spiro atoms. The van der Waals surface area contributed by atoms with Crippen LogP contribution in [0.15, 0.2) is 10.8 Å². The lowest BCUT2D eigenvalue weighted by atomic mass is 9.94. The molecule has 0 aliphatic heterocycles. The molecule has 3 N–H and O–H groups in total. The Morgan fingerprint density at radius 2 is 2.15 bits per heavy atom. The molecule has 2 aromatic heterocycles. The van der Waals surface area contributed by atoms with Crippen molar-refractivity contribution in [1.82, 2.24) is 10.3 Å². The van der Waals surface area contributed by atoms with E-state index in [4.69, 9.17) is 5.73 Å². The Morgan fingerprint density at radius 3 is 2.95 bits per heavy atom. The molecule has 6 heteroatoms. The number of carbonyl (C=O) groups is 1. The van der Waals surface area contributed by atoms with Gasteiger partial charge in [-0.25, -0.2) is 4.98 Å². The third-order valence-electron chi connectivity index (χ3n) is 3.55. The van der Waals surface area contributed by atoms with Crippen LogP contribution >= 0.6 is 22.7 Å². The molecule has 1 aliphatic carbocycles. The van der Waals surface area contributed by atoms with Gasteiger partial charge in [0.25, 0.3) is 5.91 Å².